The normalized spacial score (nSPS) is 14.0. The maximum Gasteiger partial charge on any atom is 0.418 e. The first-order valence-corrected chi connectivity index (χ1v) is 7.00. The van der Waals surface area contributed by atoms with Crippen molar-refractivity contribution in [2.24, 2.45) is 0 Å². The van der Waals surface area contributed by atoms with E-state index in [9.17, 15) is 13.2 Å². The number of aromatic nitrogens is 2. The van der Waals surface area contributed by atoms with Crippen LogP contribution in [0.4, 0.5) is 19.0 Å². The Labute approximate surface area is 129 Å². The lowest BCUT2D eigenvalue weighted by Gasteiger charge is -2.15. The van der Waals surface area contributed by atoms with Crippen LogP contribution in [0.3, 0.4) is 0 Å². The summed E-state index contributed by atoms with van der Waals surface area (Å²) in [5, 5.41) is 7.40. The molecule has 0 spiro atoms. The van der Waals surface area contributed by atoms with Crippen molar-refractivity contribution in [3.63, 3.8) is 0 Å². The molecule has 0 aliphatic carbocycles. The second-order valence-corrected chi connectivity index (χ2v) is 5.39. The number of halogens is 4. The molecular weight excluding hydrogens is 319 g/mol. The number of hydrogen-bond acceptors (Lipinski definition) is 3. The summed E-state index contributed by atoms with van der Waals surface area (Å²) < 4.78 is 46.2. The van der Waals surface area contributed by atoms with Crippen LogP contribution in [0, 0.1) is 0 Å². The largest absolute Gasteiger partial charge is 0.418 e. The summed E-state index contributed by atoms with van der Waals surface area (Å²) in [7, 11) is 1.53. The van der Waals surface area contributed by atoms with Crippen molar-refractivity contribution in [3.05, 3.63) is 40.0 Å². The van der Waals surface area contributed by atoms with Gasteiger partial charge in [-0.05, 0) is 24.6 Å². The highest BCUT2D eigenvalue weighted by Gasteiger charge is 2.36. The molecule has 2 aromatic rings. The number of methoxy groups -OCH3 is 1. The third kappa shape index (κ3) is 2.55. The van der Waals surface area contributed by atoms with Crippen molar-refractivity contribution >= 4 is 17.4 Å². The number of rotatable bonds is 3. The molecule has 0 amide bonds. The summed E-state index contributed by atoms with van der Waals surface area (Å²) >= 11 is 5.72. The fourth-order valence-corrected chi connectivity index (χ4v) is 2.76. The lowest BCUT2D eigenvalue weighted by molar-refractivity contribution is -0.137. The van der Waals surface area contributed by atoms with Gasteiger partial charge in [-0.2, -0.15) is 18.3 Å². The third-order valence-electron chi connectivity index (χ3n) is 3.51. The minimum Gasteiger partial charge on any atom is -0.378 e. The van der Waals surface area contributed by atoms with Crippen molar-refractivity contribution in [2.45, 2.75) is 19.2 Å². The highest BCUT2D eigenvalue weighted by atomic mass is 35.5. The predicted octanol–water partition coefficient (Wildman–Crippen LogP) is 3.66. The molecule has 2 heterocycles. The lowest BCUT2D eigenvalue weighted by atomic mass is 10.1. The van der Waals surface area contributed by atoms with Gasteiger partial charge in [0.1, 0.15) is 5.82 Å². The molecule has 0 saturated carbocycles. The second-order valence-electron chi connectivity index (χ2n) is 4.95. The molecule has 0 fully saturated rings. The number of hydrogen-bond donors (Lipinski definition) is 1. The van der Waals surface area contributed by atoms with Gasteiger partial charge in [0.05, 0.1) is 23.6 Å². The first-order valence-electron chi connectivity index (χ1n) is 6.62. The Morgan fingerprint density at radius 2 is 2.18 bits per heavy atom. The number of fused-ring (bicyclic) bond motifs is 1. The first kappa shape index (κ1) is 15.2. The van der Waals surface area contributed by atoms with E-state index in [0.717, 1.165) is 11.6 Å². The van der Waals surface area contributed by atoms with Crippen LogP contribution in [0.5, 0.6) is 0 Å². The Morgan fingerprint density at radius 3 is 2.86 bits per heavy atom. The highest BCUT2D eigenvalue weighted by molar-refractivity contribution is 6.30. The van der Waals surface area contributed by atoms with Crippen LogP contribution in [0.25, 0.3) is 5.69 Å². The number of nitrogens with one attached hydrogen (secondary N) is 1. The summed E-state index contributed by atoms with van der Waals surface area (Å²) in [5.41, 5.74) is 0.670. The fraction of sp³-hybridized carbons (Fsp3) is 0.357. The average Bonchev–Trinajstić information content (AvgIpc) is 3.02. The number of benzene rings is 1. The zero-order chi connectivity index (χ0) is 15.9. The van der Waals surface area contributed by atoms with Crippen LogP contribution in [0.15, 0.2) is 18.2 Å². The minimum atomic E-state index is -4.51. The van der Waals surface area contributed by atoms with Gasteiger partial charge in [-0.3, -0.25) is 0 Å². The molecule has 1 aromatic heterocycles. The quantitative estimate of drug-likeness (QED) is 0.933. The number of alkyl halides is 3. The van der Waals surface area contributed by atoms with Gasteiger partial charge in [-0.15, -0.1) is 0 Å². The molecule has 118 valence electrons. The molecular formula is C14H13ClF3N3O. The van der Waals surface area contributed by atoms with E-state index in [0.29, 0.717) is 24.5 Å². The Morgan fingerprint density at radius 1 is 1.41 bits per heavy atom. The van der Waals surface area contributed by atoms with Gasteiger partial charge in [0, 0.05) is 24.2 Å². The molecule has 22 heavy (non-hydrogen) atoms. The summed E-state index contributed by atoms with van der Waals surface area (Å²) in [6, 6.07) is 3.66. The van der Waals surface area contributed by atoms with Crippen LogP contribution in [0.1, 0.15) is 16.8 Å². The summed E-state index contributed by atoms with van der Waals surface area (Å²) in [5.74, 6) is 0.583. The maximum atomic E-state index is 13.3. The van der Waals surface area contributed by atoms with Crippen molar-refractivity contribution in [2.75, 3.05) is 19.0 Å². The number of ether oxygens (including phenoxy) is 1. The molecule has 1 aliphatic heterocycles. The van der Waals surface area contributed by atoms with E-state index >= 15 is 0 Å². The van der Waals surface area contributed by atoms with Crippen LogP contribution >= 0.6 is 11.6 Å². The molecule has 1 aliphatic rings. The minimum absolute atomic E-state index is 0.0324. The predicted molar refractivity (Wildman–Crippen MR) is 76.5 cm³/mol. The molecule has 0 radical (unpaired) electrons. The standard InChI is InChI=1S/C14H13ClF3N3O/c1-22-7-11-9-4-5-19-13(9)21(20-11)12-3-2-8(15)6-10(12)14(16,17)18/h2-3,6,19H,4-5,7H2,1H3. The fourth-order valence-electron chi connectivity index (χ4n) is 2.59. The van der Waals surface area contributed by atoms with E-state index in [1.165, 1.54) is 23.9 Å². The van der Waals surface area contributed by atoms with Gasteiger partial charge < -0.3 is 10.1 Å². The van der Waals surface area contributed by atoms with Crippen molar-refractivity contribution in [3.8, 4) is 5.69 Å². The molecule has 1 N–H and O–H groups in total. The van der Waals surface area contributed by atoms with E-state index in [-0.39, 0.29) is 17.3 Å². The summed E-state index contributed by atoms with van der Waals surface area (Å²) in [4.78, 5) is 0. The van der Waals surface area contributed by atoms with E-state index in [1.54, 1.807) is 0 Å². The third-order valence-corrected chi connectivity index (χ3v) is 3.74. The van der Waals surface area contributed by atoms with E-state index in [1.807, 2.05) is 0 Å². The zero-order valence-electron chi connectivity index (χ0n) is 11.7. The Hall–Kier alpha value is -1.73. The Kier molecular flexibility index (Phi) is 3.78. The summed E-state index contributed by atoms with van der Waals surface area (Å²) in [6.45, 7) is 0.921. The SMILES string of the molecule is COCc1nn(-c2ccc(Cl)cc2C(F)(F)F)c2c1CCN2. The Balaban J connectivity index is 2.19. The summed E-state index contributed by atoms with van der Waals surface area (Å²) in [6.07, 6.45) is -3.80. The van der Waals surface area contributed by atoms with Crippen LogP contribution in [0.2, 0.25) is 5.02 Å². The van der Waals surface area contributed by atoms with Gasteiger partial charge in [0.15, 0.2) is 0 Å². The van der Waals surface area contributed by atoms with Crippen molar-refractivity contribution in [1.29, 1.82) is 0 Å². The monoisotopic (exact) mass is 331 g/mol. The molecule has 0 unspecified atom stereocenters. The zero-order valence-corrected chi connectivity index (χ0v) is 12.4. The first-order chi connectivity index (χ1) is 10.4. The highest BCUT2D eigenvalue weighted by Crippen LogP contribution is 2.38. The Bertz CT molecular complexity index is 712. The molecule has 0 atom stereocenters. The van der Waals surface area contributed by atoms with Gasteiger partial charge in [-0.1, -0.05) is 11.6 Å². The van der Waals surface area contributed by atoms with Crippen LogP contribution < -0.4 is 5.32 Å². The van der Waals surface area contributed by atoms with Crippen LogP contribution in [-0.2, 0) is 23.9 Å². The van der Waals surface area contributed by atoms with Gasteiger partial charge in [0.2, 0.25) is 0 Å². The van der Waals surface area contributed by atoms with E-state index < -0.39 is 11.7 Å². The molecule has 1 aromatic carbocycles. The smallest absolute Gasteiger partial charge is 0.378 e. The molecule has 0 saturated heterocycles. The maximum absolute atomic E-state index is 13.3. The topological polar surface area (TPSA) is 39.1 Å². The second kappa shape index (κ2) is 5.48. The van der Waals surface area contributed by atoms with Gasteiger partial charge >= 0.3 is 6.18 Å². The molecule has 4 nitrogen and oxygen atoms in total. The van der Waals surface area contributed by atoms with Gasteiger partial charge in [-0.25, -0.2) is 4.68 Å². The number of anilines is 1. The van der Waals surface area contributed by atoms with Crippen molar-refractivity contribution in [1.82, 2.24) is 9.78 Å². The average molecular weight is 332 g/mol. The van der Waals surface area contributed by atoms with Gasteiger partial charge in [0.25, 0.3) is 0 Å². The molecule has 8 heteroatoms. The van der Waals surface area contributed by atoms with Crippen LogP contribution in [-0.4, -0.2) is 23.4 Å². The number of nitrogens with zero attached hydrogens (tertiary/aromatic N) is 2. The van der Waals surface area contributed by atoms with E-state index in [4.69, 9.17) is 16.3 Å². The van der Waals surface area contributed by atoms with E-state index in [2.05, 4.69) is 10.4 Å². The lowest BCUT2D eigenvalue weighted by Crippen LogP contribution is -2.13. The van der Waals surface area contributed by atoms with Crippen molar-refractivity contribution < 1.29 is 17.9 Å². The molecule has 3 rings (SSSR count). The molecule has 0 bridgehead atoms.